The van der Waals surface area contributed by atoms with Crippen LogP contribution in [0.3, 0.4) is 0 Å². The van der Waals surface area contributed by atoms with Crippen molar-refractivity contribution in [2.45, 2.75) is 26.2 Å². The van der Waals surface area contributed by atoms with Gasteiger partial charge in [0.15, 0.2) is 0 Å². The third-order valence-corrected chi connectivity index (χ3v) is 3.43. The number of hydrogen-bond donors (Lipinski definition) is 0. The first-order valence-electron chi connectivity index (χ1n) is 8.67. The zero-order valence-electron chi connectivity index (χ0n) is 15.1. The van der Waals surface area contributed by atoms with Gasteiger partial charge in [-0.05, 0) is 18.6 Å². The summed E-state index contributed by atoms with van der Waals surface area (Å²) in [6, 6.07) is 8.35. The van der Waals surface area contributed by atoms with Crippen LogP contribution in [-0.4, -0.2) is 38.2 Å². The van der Waals surface area contributed by atoms with E-state index in [1.165, 1.54) is 6.07 Å². The molecule has 0 aliphatic heterocycles. The minimum Gasteiger partial charge on any atom is -0.490 e. The van der Waals surface area contributed by atoms with Crippen molar-refractivity contribution in [2.75, 3.05) is 26.4 Å². The maximum atomic E-state index is 11.5. The number of hydrogen-bond acceptors (Lipinski definition) is 8. The smallest absolute Gasteiger partial charge is 0.349 e. The minimum absolute atomic E-state index is 0.0333. The van der Waals surface area contributed by atoms with Crippen LogP contribution in [0.25, 0.3) is 11.0 Å². The fourth-order valence-electron chi connectivity index (χ4n) is 2.27. The normalized spacial score (nSPS) is 10.7. The molecule has 1 heterocycles. The van der Waals surface area contributed by atoms with Crippen LogP contribution in [0.15, 0.2) is 39.5 Å². The quantitative estimate of drug-likeness (QED) is 0.182. The van der Waals surface area contributed by atoms with Gasteiger partial charge in [-0.3, -0.25) is 9.68 Å². The monoisotopic (exact) mass is 378 g/mol. The molecule has 27 heavy (non-hydrogen) atoms. The Morgan fingerprint density at radius 2 is 1.85 bits per heavy atom. The number of ether oxygens (including phenoxy) is 2. The summed E-state index contributed by atoms with van der Waals surface area (Å²) in [6.45, 7) is 2.54. The number of carbonyl (C=O) groups excluding carboxylic acids is 2. The molecule has 0 aliphatic carbocycles. The molecule has 0 saturated heterocycles. The number of benzene rings is 1. The second-order valence-electron chi connectivity index (χ2n) is 5.63. The number of fused-ring (bicyclic) bond motifs is 1. The Morgan fingerprint density at radius 3 is 2.67 bits per heavy atom. The van der Waals surface area contributed by atoms with Gasteiger partial charge in [0.25, 0.3) is 0 Å². The highest BCUT2D eigenvalue weighted by molar-refractivity contribution is 5.95. The average Bonchev–Trinajstić information content (AvgIpc) is 2.63. The van der Waals surface area contributed by atoms with Gasteiger partial charge in [0.1, 0.15) is 36.8 Å². The van der Waals surface area contributed by atoms with Crippen molar-refractivity contribution in [3.05, 3.63) is 40.8 Å². The van der Waals surface area contributed by atoms with Crippen LogP contribution in [0.1, 0.15) is 26.2 Å². The third-order valence-electron chi connectivity index (χ3n) is 3.43. The molecule has 0 unspecified atom stereocenters. The highest BCUT2D eigenvalue weighted by atomic mass is 17.2. The van der Waals surface area contributed by atoms with Crippen molar-refractivity contribution in [3.63, 3.8) is 0 Å². The third kappa shape index (κ3) is 7.20. The summed E-state index contributed by atoms with van der Waals surface area (Å²) >= 11 is 0. The van der Waals surface area contributed by atoms with E-state index in [4.69, 9.17) is 18.8 Å². The first-order chi connectivity index (χ1) is 13.1. The Morgan fingerprint density at radius 1 is 1.07 bits per heavy atom. The fourth-order valence-corrected chi connectivity index (χ4v) is 2.27. The number of para-hydroxylation sites is 1. The summed E-state index contributed by atoms with van der Waals surface area (Å²) in [5.41, 5.74) is -0.0363. The second-order valence-corrected chi connectivity index (χ2v) is 5.63. The van der Waals surface area contributed by atoms with Gasteiger partial charge in [0.2, 0.25) is 0 Å². The molecule has 0 amide bonds. The van der Waals surface area contributed by atoms with E-state index in [0.29, 0.717) is 29.6 Å². The Kier molecular flexibility index (Phi) is 8.47. The second kappa shape index (κ2) is 11.1. The summed E-state index contributed by atoms with van der Waals surface area (Å²) in [7, 11) is 0. The highest BCUT2D eigenvalue weighted by Crippen LogP contribution is 2.22. The fraction of sp³-hybridized carbons (Fsp3) is 0.421. The van der Waals surface area contributed by atoms with Crippen molar-refractivity contribution in [1.82, 2.24) is 0 Å². The molecule has 0 radical (unpaired) electrons. The predicted molar refractivity (Wildman–Crippen MR) is 95.4 cm³/mol. The van der Waals surface area contributed by atoms with Gasteiger partial charge in [-0.15, -0.1) is 0 Å². The van der Waals surface area contributed by atoms with E-state index in [-0.39, 0.29) is 38.6 Å². The van der Waals surface area contributed by atoms with Crippen molar-refractivity contribution >= 4 is 22.7 Å². The minimum atomic E-state index is -0.716. The van der Waals surface area contributed by atoms with Gasteiger partial charge < -0.3 is 13.9 Å². The lowest BCUT2D eigenvalue weighted by atomic mass is 10.2. The van der Waals surface area contributed by atoms with Gasteiger partial charge in [0.05, 0.1) is 24.7 Å². The van der Waals surface area contributed by atoms with Gasteiger partial charge in [-0.2, -0.15) is 4.89 Å². The van der Waals surface area contributed by atoms with Crippen LogP contribution in [-0.2, 0) is 24.1 Å². The predicted octanol–water partition coefficient (Wildman–Crippen LogP) is 2.42. The zero-order chi connectivity index (χ0) is 19.5. The van der Waals surface area contributed by atoms with E-state index < -0.39 is 11.6 Å². The van der Waals surface area contributed by atoms with Crippen molar-refractivity contribution < 1.29 is 33.3 Å². The molecule has 0 fully saturated rings. The Balaban J connectivity index is 1.60. The molecule has 8 nitrogen and oxygen atoms in total. The van der Waals surface area contributed by atoms with E-state index in [2.05, 4.69) is 4.89 Å². The van der Waals surface area contributed by atoms with Crippen LogP contribution in [0.2, 0.25) is 0 Å². The molecule has 8 heteroatoms. The van der Waals surface area contributed by atoms with E-state index in [1.807, 2.05) is 13.0 Å². The van der Waals surface area contributed by atoms with E-state index in [9.17, 15) is 14.4 Å². The molecule has 0 saturated carbocycles. The first-order valence-corrected chi connectivity index (χ1v) is 8.67. The maximum Gasteiger partial charge on any atom is 0.349 e. The van der Waals surface area contributed by atoms with Gasteiger partial charge in [-0.25, -0.2) is 9.59 Å². The van der Waals surface area contributed by atoms with Crippen molar-refractivity contribution in [2.24, 2.45) is 0 Å². The summed E-state index contributed by atoms with van der Waals surface area (Å²) in [5, 5.41) is 0.699. The van der Waals surface area contributed by atoms with Crippen LogP contribution in [0.5, 0.6) is 5.75 Å². The molecular formula is C19H22O8. The van der Waals surface area contributed by atoms with E-state index >= 15 is 0 Å². The Labute approximate surface area is 155 Å². The van der Waals surface area contributed by atoms with Gasteiger partial charge in [-0.1, -0.05) is 19.1 Å². The number of rotatable bonds is 12. The topological polar surface area (TPSA) is 101 Å². The molecule has 2 aromatic rings. The lowest BCUT2D eigenvalue weighted by molar-refractivity contribution is -0.276. The van der Waals surface area contributed by atoms with Crippen LogP contribution < -0.4 is 10.4 Å². The molecule has 0 spiro atoms. The largest absolute Gasteiger partial charge is 0.490 e. The lowest BCUT2D eigenvalue weighted by Gasteiger charge is -2.09. The highest BCUT2D eigenvalue weighted by Gasteiger charge is 2.10. The average molecular weight is 378 g/mol. The molecule has 0 bridgehead atoms. The molecule has 146 valence electrons. The number of Topliss-reactive ketones (excluding diaryl/α,β-unsaturated/α-hetero) is 1. The molecule has 0 atom stereocenters. The molecule has 0 N–H and O–H groups in total. The van der Waals surface area contributed by atoms with E-state index in [0.717, 1.165) is 0 Å². The molecule has 1 aromatic heterocycles. The van der Waals surface area contributed by atoms with Crippen molar-refractivity contribution in [1.29, 1.82) is 0 Å². The maximum absolute atomic E-state index is 11.5. The SMILES string of the molecule is CCCC(=O)CC(=O)OOCCOCCOc1cc(=O)oc2ccccc12. The van der Waals surface area contributed by atoms with Crippen molar-refractivity contribution in [3.8, 4) is 5.75 Å². The number of ketones is 1. The standard InChI is InChI=1S/C19H22O8/c1-2-5-14(20)12-19(22)27-25-11-9-23-8-10-24-17-13-18(21)26-16-7-4-3-6-15(16)17/h3-4,6-7,13H,2,5,8-12H2,1H3. The molecule has 2 rings (SSSR count). The van der Waals surface area contributed by atoms with Gasteiger partial charge >= 0.3 is 11.6 Å². The molecular weight excluding hydrogens is 356 g/mol. The zero-order valence-corrected chi connectivity index (χ0v) is 15.1. The summed E-state index contributed by atoms with van der Waals surface area (Å²) < 4.78 is 15.9. The van der Waals surface area contributed by atoms with Crippen LogP contribution >= 0.6 is 0 Å². The lowest BCUT2D eigenvalue weighted by Crippen LogP contribution is -2.15. The van der Waals surface area contributed by atoms with Crippen LogP contribution in [0.4, 0.5) is 0 Å². The molecule has 1 aromatic carbocycles. The summed E-state index contributed by atoms with van der Waals surface area (Å²) in [4.78, 5) is 43.2. The Hall–Kier alpha value is -2.71. The van der Waals surface area contributed by atoms with Crippen LogP contribution in [0, 0.1) is 0 Å². The number of carbonyl (C=O) groups is 2. The summed E-state index contributed by atoms with van der Waals surface area (Å²) in [5.74, 6) is -0.471. The summed E-state index contributed by atoms with van der Waals surface area (Å²) in [6.07, 6.45) is 0.741. The van der Waals surface area contributed by atoms with E-state index in [1.54, 1.807) is 18.2 Å². The molecule has 0 aliphatic rings. The van der Waals surface area contributed by atoms with Gasteiger partial charge in [0, 0.05) is 6.42 Å². The Bertz CT molecular complexity index is 811. The first kappa shape index (κ1) is 20.6.